The van der Waals surface area contributed by atoms with E-state index in [1.165, 1.54) is 11.1 Å². The van der Waals surface area contributed by atoms with Gasteiger partial charge in [-0.1, -0.05) is 30.3 Å². The fraction of sp³-hybridized carbons (Fsp3) is 0.318. The van der Waals surface area contributed by atoms with Gasteiger partial charge in [-0.25, -0.2) is 4.98 Å². The van der Waals surface area contributed by atoms with Crippen LogP contribution in [0.1, 0.15) is 21.1 Å². The van der Waals surface area contributed by atoms with E-state index in [1.807, 2.05) is 30.0 Å². The van der Waals surface area contributed by atoms with E-state index >= 15 is 0 Å². The Bertz CT molecular complexity index is 1010. The first-order valence-electron chi connectivity index (χ1n) is 9.96. The van der Waals surface area contributed by atoms with Crippen LogP contribution in [0.5, 0.6) is 0 Å². The highest BCUT2D eigenvalue weighted by Crippen LogP contribution is 2.27. The summed E-state index contributed by atoms with van der Waals surface area (Å²) < 4.78 is 5.23. The molecule has 0 saturated carbocycles. The predicted molar refractivity (Wildman–Crippen MR) is 119 cm³/mol. The second-order valence-corrected chi connectivity index (χ2v) is 8.13. The highest BCUT2D eigenvalue weighted by atomic mass is 32.1. The van der Waals surface area contributed by atoms with Crippen LogP contribution < -0.4 is 5.32 Å². The van der Waals surface area contributed by atoms with E-state index in [0.29, 0.717) is 25.4 Å². The summed E-state index contributed by atoms with van der Waals surface area (Å²) in [5.74, 6) is 1.17. The molecular formula is C22H25N5O2S. The van der Waals surface area contributed by atoms with Crippen LogP contribution in [0.4, 0.5) is 0 Å². The van der Waals surface area contributed by atoms with Crippen LogP contribution in [0.3, 0.4) is 0 Å². The number of amides is 1. The largest absolute Gasteiger partial charge is 0.459 e. The van der Waals surface area contributed by atoms with Gasteiger partial charge in [-0.05, 0) is 19.1 Å². The highest BCUT2D eigenvalue weighted by Gasteiger charge is 2.25. The van der Waals surface area contributed by atoms with Gasteiger partial charge in [0.15, 0.2) is 11.7 Å². The molecule has 1 aliphatic heterocycles. The Balaban J connectivity index is 1.34. The molecule has 1 aromatic carbocycles. The molecule has 0 radical (unpaired) electrons. The first kappa shape index (κ1) is 20.2. The molecular weight excluding hydrogens is 398 g/mol. The second-order valence-electron chi connectivity index (χ2n) is 7.05. The zero-order valence-electron chi connectivity index (χ0n) is 17.2. The minimum atomic E-state index is -0.0590. The minimum absolute atomic E-state index is 0.0590. The fourth-order valence-corrected chi connectivity index (χ4v) is 4.47. The maximum Gasteiger partial charge on any atom is 0.289 e. The molecule has 7 nitrogen and oxygen atoms in total. The van der Waals surface area contributed by atoms with Crippen molar-refractivity contribution in [3.63, 3.8) is 0 Å². The number of nitrogens with one attached hydrogen (secondary N) is 1. The molecule has 0 atom stereocenters. The Labute approximate surface area is 180 Å². The first-order valence-corrected chi connectivity index (χ1v) is 10.8. The Morgan fingerprint density at radius 2 is 1.87 bits per heavy atom. The summed E-state index contributed by atoms with van der Waals surface area (Å²) in [4.78, 5) is 26.8. The summed E-state index contributed by atoms with van der Waals surface area (Å²) in [6, 6.07) is 13.7. The van der Waals surface area contributed by atoms with Crippen molar-refractivity contribution < 1.29 is 9.21 Å². The van der Waals surface area contributed by atoms with E-state index in [1.54, 1.807) is 30.5 Å². The number of hydrogen-bond acceptors (Lipinski definition) is 5. The molecule has 156 valence electrons. The summed E-state index contributed by atoms with van der Waals surface area (Å²) in [6.07, 6.45) is 1.53. The number of furan rings is 1. The Morgan fingerprint density at radius 3 is 2.53 bits per heavy atom. The van der Waals surface area contributed by atoms with E-state index in [0.717, 1.165) is 35.3 Å². The van der Waals surface area contributed by atoms with Crippen molar-refractivity contribution in [2.75, 3.05) is 33.2 Å². The van der Waals surface area contributed by atoms with E-state index in [4.69, 9.17) is 9.40 Å². The van der Waals surface area contributed by atoms with Crippen molar-refractivity contribution in [2.24, 2.45) is 4.99 Å². The van der Waals surface area contributed by atoms with E-state index in [9.17, 15) is 4.79 Å². The minimum Gasteiger partial charge on any atom is -0.459 e. The number of aliphatic imine (C=N–C) groups is 1. The molecule has 1 aliphatic rings. The van der Waals surface area contributed by atoms with Gasteiger partial charge >= 0.3 is 0 Å². The standard InChI is InChI=1S/C22H25N5O2S/c1-16-19(30-20(25-16)17-7-4-3-5-8-17)15-24-22(23-2)27-12-10-26(11-13-27)21(28)18-9-6-14-29-18/h3-9,14H,10-13,15H2,1-2H3,(H,23,24). The number of aromatic nitrogens is 1. The van der Waals surface area contributed by atoms with Crippen molar-refractivity contribution in [2.45, 2.75) is 13.5 Å². The lowest BCUT2D eigenvalue weighted by Crippen LogP contribution is -2.53. The highest BCUT2D eigenvalue weighted by molar-refractivity contribution is 7.15. The predicted octanol–water partition coefficient (Wildman–Crippen LogP) is 3.24. The number of thiazole rings is 1. The number of guanidine groups is 1. The van der Waals surface area contributed by atoms with Gasteiger partial charge in [0.05, 0.1) is 18.5 Å². The zero-order valence-corrected chi connectivity index (χ0v) is 18.0. The fourth-order valence-electron chi connectivity index (χ4n) is 3.47. The number of nitrogens with zero attached hydrogens (tertiary/aromatic N) is 4. The third kappa shape index (κ3) is 4.38. The van der Waals surface area contributed by atoms with Crippen LogP contribution in [-0.2, 0) is 6.54 Å². The number of carbonyl (C=O) groups excluding carboxylic acids is 1. The summed E-state index contributed by atoms with van der Waals surface area (Å²) in [7, 11) is 1.79. The number of carbonyl (C=O) groups is 1. The molecule has 0 aliphatic carbocycles. The number of benzene rings is 1. The monoisotopic (exact) mass is 423 g/mol. The number of hydrogen-bond donors (Lipinski definition) is 1. The van der Waals surface area contributed by atoms with Crippen LogP contribution in [0.25, 0.3) is 10.6 Å². The lowest BCUT2D eigenvalue weighted by Gasteiger charge is -2.36. The van der Waals surface area contributed by atoms with Gasteiger partial charge < -0.3 is 19.5 Å². The SMILES string of the molecule is CN=C(NCc1sc(-c2ccccc2)nc1C)N1CCN(C(=O)c2ccco2)CC1. The molecule has 3 heterocycles. The molecule has 2 aromatic heterocycles. The summed E-state index contributed by atoms with van der Waals surface area (Å²) >= 11 is 1.70. The summed E-state index contributed by atoms with van der Waals surface area (Å²) in [6.45, 7) is 5.44. The third-order valence-electron chi connectivity index (χ3n) is 5.13. The van der Waals surface area contributed by atoms with Gasteiger partial charge in [-0.2, -0.15) is 0 Å². The van der Waals surface area contributed by atoms with E-state index in [-0.39, 0.29) is 5.91 Å². The van der Waals surface area contributed by atoms with Crippen molar-refractivity contribution in [3.05, 3.63) is 65.1 Å². The molecule has 1 N–H and O–H groups in total. The van der Waals surface area contributed by atoms with Gasteiger partial charge in [0.25, 0.3) is 5.91 Å². The van der Waals surface area contributed by atoms with E-state index in [2.05, 4.69) is 27.3 Å². The van der Waals surface area contributed by atoms with Crippen LogP contribution in [-0.4, -0.2) is 59.9 Å². The second kappa shape index (κ2) is 9.13. The quantitative estimate of drug-likeness (QED) is 0.515. The number of aryl methyl sites for hydroxylation is 1. The molecule has 30 heavy (non-hydrogen) atoms. The topological polar surface area (TPSA) is 74.0 Å². The number of piperazine rings is 1. The van der Waals surface area contributed by atoms with Gasteiger partial charge in [0, 0.05) is 43.7 Å². The van der Waals surface area contributed by atoms with Gasteiger partial charge in [0.2, 0.25) is 0 Å². The van der Waals surface area contributed by atoms with Gasteiger partial charge in [-0.3, -0.25) is 9.79 Å². The average molecular weight is 424 g/mol. The smallest absolute Gasteiger partial charge is 0.289 e. The lowest BCUT2D eigenvalue weighted by atomic mass is 10.2. The van der Waals surface area contributed by atoms with Gasteiger partial charge in [0.1, 0.15) is 5.01 Å². The summed E-state index contributed by atoms with van der Waals surface area (Å²) in [5.41, 5.74) is 2.18. The molecule has 1 saturated heterocycles. The van der Waals surface area contributed by atoms with Crippen molar-refractivity contribution in [3.8, 4) is 10.6 Å². The molecule has 3 aromatic rings. The lowest BCUT2D eigenvalue weighted by molar-refractivity contribution is 0.0657. The zero-order chi connectivity index (χ0) is 20.9. The number of rotatable bonds is 4. The van der Waals surface area contributed by atoms with Crippen LogP contribution in [0.2, 0.25) is 0 Å². The maximum absolute atomic E-state index is 12.4. The molecule has 1 amide bonds. The van der Waals surface area contributed by atoms with Crippen LogP contribution in [0.15, 0.2) is 58.1 Å². The molecule has 0 spiro atoms. The van der Waals surface area contributed by atoms with Crippen LogP contribution in [0, 0.1) is 6.92 Å². The average Bonchev–Trinajstić information content (AvgIpc) is 3.45. The Morgan fingerprint density at radius 1 is 1.13 bits per heavy atom. The Kier molecular flexibility index (Phi) is 6.13. The van der Waals surface area contributed by atoms with Crippen LogP contribution >= 0.6 is 11.3 Å². The van der Waals surface area contributed by atoms with Crippen molar-refractivity contribution in [1.29, 1.82) is 0 Å². The third-order valence-corrected chi connectivity index (χ3v) is 6.34. The van der Waals surface area contributed by atoms with Gasteiger partial charge in [-0.15, -0.1) is 11.3 Å². The Hall–Kier alpha value is -3.13. The molecule has 0 unspecified atom stereocenters. The van der Waals surface area contributed by atoms with E-state index < -0.39 is 0 Å². The van der Waals surface area contributed by atoms with Crippen molar-refractivity contribution in [1.82, 2.24) is 20.1 Å². The maximum atomic E-state index is 12.4. The summed E-state index contributed by atoms with van der Waals surface area (Å²) in [5, 5.41) is 4.49. The van der Waals surface area contributed by atoms with Crippen molar-refractivity contribution >= 4 is 23.2 Å². The molecule has 1 fully saturated rings. The molecule has 8 heteroatoms. The first-order chi connectivity index (χ1) is 14.7. The normalized spacial score (nSPS) is 14.8. The molecule has 4 rings (SSSR count). The molecule has 0 bridgehead atoms.